The molecule has 1 saturated heterocycles. The van der Waals surface area contributed by atoms with Crippen LogP contribution in [0.25, 0.3) is 6.08 Å². The molecule has 0 bridgehead atoms. The zero-order valence-electron chi connectivity index (χ0n) is 14.4. The quantitative estimate of drug-likeness (QED) is 0.522. The predicted octanol–water partition coefficient (Wildman–Crippen LogP) is 6.39. The topological polar surface area (TPSA) is 45.6 Å². The van der Waals surface area contributed by atoms with Gasteiger partial charge in [-0.3, -0.25) is 9.69 Å². The maximum Gasteiger partial charge on any atom is 0.267 e. The second-order valence-electron chi connectivity index (χ2n) is 6.42. The minimum atomic E-state index is -0.0295. The van der Waals surface area contributed by atoms with Gasteiger partial charge >= 0.3 is 0 Å². The maximum absolute atomic E-state index is 13.2. The first-order chi connectivity index (χ1) is 13.1. The van der Waals surface area contributed by atoms with Crippen molar-refractivity contribution in [3.05, 3.63) is 50.3 Å². The highest BCUT2D eigenvalue weighted by Crippen LogP contribution is 2.40. The van der Waals surface area contributed by atoms with E-state index < -0.39 is 0 Å². The molecule has 27 heavy (non-hydrogen) atoms. The molecule has 0 atom stereocenters. The Morgan fingerprint density at radius 2 is 1.93 bits per heavy atom. The number of carbonyl (C=O) groups excluding carboxylic acids is 1. The SMILES string of the molecule is O=C1/C(=C/c2c(Cl)cccc2Cl)S/C(=N/c2nccs2)N1C1CCCCC1. The third-order valence-corrected chi connectivity index (χ3v) is 6.97. The first kappa shape index (κ1) is 19.0. The molecule has 4 rings (SSSR count). The Morgan fingerprint density at radius 3 is 2.59 bits per heavy atom. The second-order valence-corrected chi connectivity index (χ2v) is 9.12. The van der Waals surface area contributed by atoms with Gasteiger partial charge in [0.25, 0.3) is 5.91 Å². The lowest BCUT2D eigenvalue weighted by Gasteiger charge is -2.30. The van der Waals surface area contributed by atoms with Gasteiger partial charge < -0.3 is 0 Å². The Morgan fingerprint density at radius 1 is 1.19 bits per heavy atom. The number of aromatic nitrogens is 1. The summed E-state index contributed by atoms with van der Waals surface area (Å²) in [6, 6.07) is 5.52. The van der Waals surface area contributed by atoms with Gasteiger partial charge in [-0.1, -0.05) is 48.5 Å². The zero-order valence-corrected chi connectivity index (χ0v) is 17.5. The summed E-state index contributed by atoms with van der Waals surface area (Å²) < 4.78 is 0. The Kier molecular flexibility index (Phi) is 5.88. The van der Waals surface area contributed by atoms with Gasteiger partial charge in [0.1, 0.15) is 0 Å². The van der Waals surface area contributed by atoms with Gasteiger partial charge in [0.15, 0.2) is 5.17 Å². The number of carbonyl (C=O) groups is 1. The minimum absolute atomic E-state index is 0.0295. The standard InChI is InChI=1S/C19H17Cl2N3OS2/c20-14-7-4-8-15(21)13(14)11-16-17(25)24(12-5-2-1-3-6-12)19(27-16)23-18-22-9-10-26-18/h4,7-12H,1-3,5-6H2/b16-11-,23-19+. The monoisotopic (exact) mass is 437 g/mol. The molecule has 4 nitrogen and oxygen atoms in total. The molecule has 140 valence electrons. The van der Waals surface area contributed by atoms with E-state index in [0.29, 0.717) is 30.8 Å². The molecule has 2 aromatic rings. The molecule has 2 fully saturated rings. The number of hydrogen-bond acceptors (Lipinski definition) is 5. The summed E-state index contributed by atoms with van der Waals surface area (Å²) in [6.07, 6.45) is 9.00. The molecule has 1 aliphatic carbocycles. The highest BCUT2D eigenvalue weighted by molar-refractivity contribution is 8.18. The zero-order chi connectivity index (χ0) is 18.8. The van der Waals surface area contributed by atoms with Crippen molar-refractivity contribution in [2.24, 2.45) is 4.99 Å². The fourth-order valence-corrected chi connectivity index (χ4v) is 5.45. The summed E-state index contributed by atoms with van der Waals surface area (Å²) in [5.74, 6) is -0.0295. The van der Waals surface area contributed by atoms with Crippen molar-refractivity contribution >= 4 is 68.6 Å². The Labute approximate surface area is 176 Å². The van der Waals surface area contributed by atoms with Crippen molar-refractivity contribution in [1.82, 2.24) is 9.88 Å². The van der Waals surface area contributed by atoms with Crippen LogP contribution in [0.1, 0.15) is 37.7 Å². The third-order valence-electron chi connectivity index (χ3n) is 4.66. The van der Waals surface area contributed by atoms with Crippen molar-refractivity contribution in [3.8, 4) is 0 Å². The van der Waals surface area contributed by atoms with Crippen molar-refractivity contribution in [2.75, 3.05) is 0 Å². The predicted molar refractivity (Wildman–Crippen MR) is 115 cm³/mol. The van der Waals surface area contributed by atoms with Crippen LogP contribution in [-0.2, 0) is 4.79 Å². The summed E-state index contributed by atoms with van der Waals surface area (Å²) in [5, 5.41) is 4.28. The van der Waals surface area contributed by atoms with Crippen molar-refractivity contribution in [3.63, 3.8) is 0 Å². The molecule has 2 aliphatic rings. The fourth-order valence-electron chi connectivity index (χ4n) is 3.36. The van der Waals surface area contributed by atoms with Gasteiger partial charge in [0.2, 0.25) is 5.13 Å². The van der Waals surface area contributed by atoms with E-state index in [2.05, 4.69) is 9.98 Å². The van der Waals surface area contributed by atoms with E-state index in [1.165, 1.54) is 29.5 Å². The summed E-state index contributed by atoms with van der Waals surface area (Å²) >= 11 is 15.4. The molecule has 0 spiro atoms. The lowest BCUT2D eigenvalue weighted by Crippen LogP contribution is -2.40. The molecule has 1 aromatic heterocycles. The van der Waals surface area contributed by atoms with E-state index >= 15 is 0 Å². The number of nitrogens with zero attached hydrogens (tertiary/aromatic N) is 3. The number of hydrogen-bond donors (Lipinski definition) is 0. The molecular weight excluding hydrogens is 421 g/mol. The van der Waals surface area contributed by atoms with Gasteiger partial charge in [-0.15, -0.1) is 11.3 Å². The number of halogens is 2. The molecule has 1 amide bonds. The normalized spacial score (nSPS) is 21.6. The summed E-state index contributed by atoms with van der Waals surface area (Å²) in [7, 11) is 0. The molecule has 1 saturated carbocycles. The Hall–Kier alpha value is -1.34. The molecule has 8 heteroatoms. The summed E-state index contributed by atoms with van der Waals surface area (Å²) in [5.41, 5.74) is 0.663. The highest BCUT2D eigenvalue weighted by Gasteiger charge is 2.39. The number of aliphatic imine (C=N–C) groups is 1. The van der Waals surface area contributed by atoms with Gasteiger partial charge in [-0.05, 0) is 42.8 Å². The lowest BCUT2D eigenvalue weighted by atomic mass is 9.94. The molecule has 0 unspecified atom stereocenters. The van der Waals surface area contributed by atoms with E-state index in [1.54, 1.807) is 30.5 Å². The average molecular weight is 438 g/mol. The summed E-state index contributed by atoms with van der Waals surface area (Å²) in [4.78, 5) is 24.5. The van der Waals surface area contributed by atoms with E-state index in [0.717, 1.165) is 25.7 Å². The number of amidine groups is 1. The molecule has 0 radical (unpaired) electrons. The van der Waals surface area contributed by atoms with Crippen molar-refractivity contribution in [1.29, 1.82) is 0 Å². The number of thioether (sulfide) groups is 1. The van der Waals surface area contributed by atoms with Crippen LogP contribution in [0.4, 0.5) is 5.13 Å². The van der Waals surface area contributed by atoms with Gasteiger partial charge in [-0.25, -0.2) is 4.98 Å². The Bertz CT molecular complexity index is 885. The first-order valence-corrected chi connectivity index (χ1v) is 11.2. The number of thiazole rings is 1. The van der Waals surface area contributed by atoms with E-state index in [-0.39, 0.29) is 11.9 Å². The second kappa shape index (κ2) is 8.35. The van der Waals surface area contributed by atoms with Crippen molar-refractivity contribution in [2.45, 2.75) is 38.1 Å². The Balaban J connectivity index is 1.72. The van der Waals surface area contributed by atoms with Crippen LogP contribution in [0.2, 0.25) is 10.0 Å². The van der Waals surface area contributed by atoms with Crippen LogP contribution in [0.3, 0.4) is 0 Å². The van der Waals surface area contributed by atoms with Crippen LogP contribution in [-0.4, -0.2) is 27.0 Å². The number of rotatable bonds is 3. The molecule has 1 aromatic carbocycles. The van der Waals surface area contributed by atoms with Gasteiger partial charge in [0.05, 0.1) is 4.91 Å². The van der Waals surface area contributed by atoms with Crippen LogP contribution >= 0.6 is 46.3 Å². The molecule has 2 heterocycles. The van der Waals surface area contributed by atoms with Gasteiger partial charge in [0, 0.05) is 33.2 Å². The fraction of sp³-hybridized carbons (Fsp3) is 0.316. The van der Waals surface area contributed by atoms with E-state index in [9.17, 15) is 4.79 Å². The van der Waals surface area contributed by atoms with Crippen LogP contribution in [0.15, 0.2) is 39.7 Å². The smallest absolute Gasteiger partial charge is 0.267 e. The first-order valence-electron chi connectivity index (χ1n) is 8.79. The third kappa shape index (κ3) is 4.09. The average Bonchev–Trinajstić information content (AvgIpc) is 3.28. The minimum Gasteiger partial charge on any atom is -0.283 e. The van der Waals surface area contributed by atoms with Crippen LogP contribution < -0.4 is 0 Å². The lowest BCUT2D eigenvalue weighted by molar-refractivity contribution is -0.124. The van der Waals surface area contributed by atoms with Crippen molar-refractivity contribution < 1.29 is 4.79 Å². The molecule has 1 aliphatic heterocycles. The van der Waals surface area contributed by atoms with E-state index in [1.807, 2.05) is 10.3 Å². The number of benzene rings is 1. The van der Waals surface area contributed by atoms with E-state index in [4.69, 9.17) is 23.2 Å². The molecule has 0 N–H and O–H groups in total. The van der Waals surface area contributed by atoms with Crippen LogP contribution in [0.5, 0.6) is 0 Å². The number of amides is 1. The summed E-state index contributed by atoms with van der Waals surface area (Å²) in [6.45, 7) is 0. The largest absolute Gasteiger partial charge is 0.283 e. The maximum atomic E-state index is 13.2. The highest BCUT2D eigenvalue weighted by atomic mass is 35.5. The van der Waals surface area contributed by atoms with Crippen LogP contribution in [0, 0.1) is 0 Å². The van der Waals surface area contributed by atoms with Gasteiger partial charge in [-0.2, -0.15) is 4.99 Å². The molecular formula is C19H17Cl2N3OS2.